The Morgan fingerprint density at radius 2 is 1.90 bits per heavy atom. The molecule has 3 aliphatic rings. The minimum absolute atomic E-state index is 0.0316. The van der Waals surface area contributed by atoms with Gasteiger partial charge in [0.1, 0.15) is 5.82 Å². The van der Waals surface area contributed by atoms with E-state index in [-0.39, 0.29) is 5.60 Å². The highest BCUT2D eigenvalue weighted by molar-refractivity contribution is 5.61. The molecule has 0 amide bonds. The van der Waals surface area contributed by atoms with Crippen LogP contribution in [0.5, 0.6) is 0 Å². The maximum absolute atomic E-state index is 5.92. The lowest BCUT2D eigenvalue weighted by atomic mass is 9.93. The average Bonchev–Trinajstić information content (AvgIpc) is 3.34. The third kappa shape index (κ3) is 3.97. The van der Waals surface area contributed by atoms with Crippen molar-refractivity contribution in [2.24, 2.45) is 18.9 Å². The molecule has 0 bridgehead atoms. The Bertz CT molecular complexity index is 878. The molecule has 5 rings (SSSR count). The van der Waals surface area contributed by atoms with Crippen molar-refractivity contribution in [3.8, 4) is 11.3 Å². The second-order valence-corrected chi connectivity index (χ2v) is 10.1. The van der Waals surface area contributed by atoms with Crippen LogP contribution >= 0.6 is 0 Å². The first kappa shape index (κ1) is 19.9. The standard InChI is InChI=1S/C23H34N6O/c1-15-20(14-28(4)27-15)21-5-6-22(26-25-21)24-18-9-16-12-29(13-17(16)10-18)19-7-8-30-23(2,3)11-19/h5-6,14,16-19H,7-13H2,1-4H3,(H,24,26)/t16-,17+,18+,19?. The summed E-state index contributed by atoms with van der Waals surface area (Å²) in [5, 5.41) is 16.9. The fourth-order valence-electron chi connectivity index (χ4n) is 5.88. The largest absolute Gasteiger partial charge is 0.375 e. The van der Waals surface area contributed by atoms with Crippen molar-refractivity contribution >= 4 is 5.82 Å². The van der Waals surface area contributed by atoms with E-state index in [0.717, 1.165) is 47.6 Å². The Morgan fingerprint density at radius 3 is 2.50 bits per heavy atom. The van der Waals surface area contributed by atoms with Crippen LogP contribution in [0.1, 0.15) is 45.2 Å². The zero-order chi connectivity index (χ0) is 20.9. The molecule has 3 fully saturated rings. The molecule has 1 aliphatic carbocycles. The van der Waals surface area contributed by atoms with E-state index in [1.54, 1.807) is 0 Å². The summed E-state index contributed by atoms with van der Waals surface area (Å²) in [7, 11) is 1.93. The molecule has 0 radical (unpaired) electrons. The van der Waals surface area contributed by atoms with Gasteiger partial charge in [-0.05, 0) is 70.4 Å². The van der Waals surface area contributed by atoms with Crippen LogP contribution in [-0.2, 0) is 11.8 Å². The molecule has 7 nitrogen and oxygen atoms in total. The smallest absolute Gasteiger partial charge is 0.148 e. The fraction of sp³-hybridized carbons (Fsp3) is 0.696. The lowest BCUT2D eigenvalue weighted by Gasteiger charge is -2.40. The zero-order valence-electron chi connectivity index (χ0n) is 18.6. The number of hydrogen-bond acceptors (Lipinski definition) is 6. The van der Waals surface area contributed by atoms with E-state index < -0.39 is 0 Å². The van der Waals surface area contributed by atoms with Crippen molar-refractivity contribution in [1.29, 1.82) is 0 Å². The number of fused-ring (bicyclic) bond motifs is 1. The third-order valence-electron chi connectivity index (χ3n) is 7.27. The van der Waals surface area contributed by atoms with E-state index in [1.807, 2.05) is 30.9 Å². The number of aryl methyl sites for hydroxylation is 2. The number of rotatable bonds is 4. The lowest BCUT2D eigenvalue weighted by Crippen LogP contribution is -2.45. The second-order valence-electron chi connectivity index (χ2n) is 10.1. The Morgan fingerprint density at radius 1 is 1.13 bits per heavy atom. The molecular formula is C23H34N6O. The van der Waals surface area contributed by atoms with E-state index >= 15 is 0 Å². The van der Waals surface area contributed by atoms with Crippen molar-refractivity contribution in [2.75, 3.05) is 25.0 Å². The summed E-state index contributed by atoms with van der Waals surface area (Å²) in [6.45, 7) is 9.87. The predicted molar refractivity (Wildman–Crippen MR) is 117 cm³/mol. The van der Waals surface area contributed by atoms with Gasteiger partial charge in [-0.1, -0.05) is 0 Å². The molecule has 1 N–H and O–H groups in total. The van der Waals surface area contributed by atoms with Gasteiger partial charge in [0, 0.05) is 50.6 Å². The normalized spacial score (nSPS) is 31.1. The maximum Gasteiger partial charge on any atom is 0.148 e. The minimum Gasteiger partial charge on any atom is -0.375 e. The van der Waals surface area contributed by atoms with Crippen molar-refractivity contribution < 1.29 is 4.74 Å². The molecule has 0 aromatic carbocycles. The monoisotopic (exact) mass is 410 g/mol. The molecule has 30 heavy (non-hydrogen) atoms. The second kappa shape index (κ2) is 7.61. The molecular weight excluding hydrogens is 376 g/mol. The highest BCUT2D eigenvalue weighted by atomic mass is 16.5. The van der Waals surface area contributed by atoms with Crippen molar-refractivity contribution in [1.82, 2.24) is 24.9 Å². The van der Waals surface area contributed by atoms with Crippen molar-refractivity contribution in [2.45, 2.75) is 64.1 Å². The Balaban J connectivity index is 1.16. The average molecular weight is 411 g/mol. The quantitative estimate of drug-likeness (QED) is 0.834. The molecule has 1 saturated carbocycles. The topological polar surface area (TPSA) is 68.1 Å². The molecule has 2 saturated heterocycles. The molecule has 162 valence electrons. The number of nitrogens with one attached hydrogen (secondary N) is 1. The lowest BCUT2D eigenvalue weighted by molar-refractivity contribution is -0.0811. The maximum atomic E-state index is 5.92. The van der Waals surface area contributed by atoms with Crippen LogP contribution in [0.3, 0.4) is 0 Å². The summed E-state index contributed by atoms with van der Waals surface area (Å²) in [5.41, 5.74) is 2.94. The molecule has 0 spiro atoms. The zero-order valence-corrected chi connectivity index (χ0v) is 18.6. The number of nitrogens with zero attached hydrogens (tertiary/aromatic N) is 5. The molecule has 1 unspecified atom stereocenters. The van der Waals surface area contributed by atoms with E-state index in [2.05, 4.69) is 45.4 Å². The van der Waals surface area contributed by atoms with Gasteiger partial charge in [0.2, 0.25) is 0 Å². The van der Waals surface area contributed by atoms with Gasteiger partial charge < -0.3 is 10.1 Å². The molecule has 7 heteroatoms. The number of aromatic nitrogens is 4. The van der Waals surface area contributed by atoms with Gasteiger partial charge in [0.25, 0.3) is 0 Å². The van der Waals surface area contributed by atoms with E-state index in [1.165, 1.54) is 32.4 Å². The highest BCUT2D eigenvalue weighted by Crippen LogP contribution is 2.41. The van der Waals surface area contributed by atoms with Crippen LogP contribution in [0.4, 0.5) is 5.82 Å². The van der Waals surface area contributed by atoms with E-state index in [0.29, 0.717) is 12.1 Å². The SMILES string of the molecule is Cc1nn(C)cc1-c1ccc(N[C@H]2C[C@@H]3CN(C4CCOC(C)(C)C4)C[C@@H]3C2)nn1. The number of anilines is 1. The Labute approximate surface area is 179 Å². The van der Waals surface area contributed by atoms with Gasteiger partial charge in [-0.2, -0.15) is 5.10 Å². The number of ether oxygens (including phenoxy) is 1. The third-order valence-corrected chi connectivity index (χ3v) is 7.27. The summed E-state index contributed by atoms with van der Waals surface area (Å²) in [4.78, 5) is 2.75. The Hall–Kier alpha value is -1.99. The molecule has 2 aromatic rings. The van der Waals surface area contributed by atoms with Crippen LogP contribution in [0.15, 0.2) is 18.3 Å². The van der Waals surface area contributed by atoms with E-state index in [4.69, 9.17) is 4.74 Å². The summed E-state index contributed by atoms with van der Waals surface area (Å²) >= 11 is 0. The Kier molecular flexibility index (Phi) is 5.06. The van der Waals surface area contributed by atoms with Gasteiger partial charge in [0.05, 0.1) is 17.0 Å². The first-order chi connectivity index (χ1) is 14.4. The van der Waals surface area contributed by atoms with Crippen LogP contribution in [-0.4, -0.2) is 62.3 Å². The van der Waals surface area contributed by atoms with Crippen LogP contribution in [0.2, 0.25) is 0 Å². The summed E-state index contributed by atoms with van der Waals surface area (Å²) in [5.74, 6) is 2.49. The van der Waals surface area contributed by atoms with Gasteiger partial charge >= 0.3 is 0 Å². The summed E-state index contributed by atoms with van der Waals surface area (Å²) < 4.78 is 7.74. The first-order valence-electron chi connectivity index (χ1n) is 11.4. The van der Waals surface area contributed by atoms with Gasteiger partial charge in [-0.15, -0.1) is 10.2 Å². The minimum atomic E-state index is 0.0316. The first-order valence-corrected chi connectivity index (χ1v) is 11.4. The number of hydrogen-bond donors (Lipinski definition) is 1. The molecule has 4 heterocycles. The van der Waals surface area contributed by atoms with Crippen molar-refractivity contribution in [3.63, 3.8) is 0 Å². The molecule has 2 aromatic heterocycles. The van der Waals surface area contributed by atoms with Gasteiger partial charge in [0.15, 0.2) is 0 Å². The van der Waals surface area contributed by atoms with Gasteiger partial charge in [-0.25, -0.2) is 0 Å². The summed E-state index contributed by atoms with van der Waals surface area (Å²) in [6.07, 6.45) is 6.81. The van der Waals surface area contributed by atoms with Crippen LogP contribution in [0, 0.1) is 18.8 Å². The number of likely N-dealkylation sites (tertiary alicyclic amines) is 1. The predicted octanol–water partition coefficient (Wildman–Crippen LogP) is 3.27. The van der Waals surface area contributed by atoms with Crippen molar-refractivity contribution in [3.05, 3.63) is 24.0 Å². The molecule has 2 aliphatic heterocycles. The van der Waals surface area contributed by atoms with Crippen LogP contribution < -0.4 is 5.32 Å². The highest BCUT2D eigenvalue weighted by Gasteiger charge is 2.44. The summed E-state index contributed by atoms with van der Waals surface area (Å²) in [6, 6.07) is 5.30. The fourth-order valence-corrected chi connectivity index (χ4v) is 5.88. The van der Waals surface area contributed by atoms with E-state index in [9.17, 15) is 0 Å². The van der Waals surface area contributed by atoms with Gasteiger partial charge in [-0.3, -0.25) is 9.58 Å². The van der Waals surface area contributed by atoms with Crippen LogP contribution in [0.25, 0.3) is 11.3 Å². The molecule has 4 atom stereocenters.